The fraction of sp³-hybridized carbons (Fsp3) is 0.438. The number of benzene rings is 1. The molecule has 0 unspecified atom stereocenters. The molecule has 1 aromatic carbocycles. The summed E-state index contributed by atoms with van der Waals surface area (Å²) < 4.78 is 0. The van der Waals surface area contributed by atoms with Crippen molar-refractivity contribution < 1.29 is 4.79 Å². The second-order valence-electron chi connectivity index (χ2n) is 6.06. The minimum atomic E-state index is -0.244. The fourth-order valence-corrected chi connectivity index (χ4v) is 2.28. The van der Waals surface area contributed by atoms with Gasteiger partial charge in [0.15, 0.2) is 0 Å². The molecule has 0 bridgehead atoms. The molecule has 0 aliphatic carbocycles. The summed E-state index contributed by atoms with van der Waals surface area (Å²) in [5.74, 6) is 0.118. The van der Waals surface area contributed by atoms with Crippen LogP contribution in [0.4, 0.5) is 0 Å². The van der Waals surface area contributed by atoms with Crippen LogP contribution in [-0.4, -0.2) is 16.4 Å². The summed E-state index contributed by atoms with van der Waals surface area (Å²) in [4.78, 5) is 15.1. The molecular formula is C16H22N2O. The SMILES string of the molecule is CC(C)C(=O)NC(C)(C)Cc1c[nH]c2ccccc12. The predicted octanol–water partition coefficient (Wildman–Crippen LogP) is 3.26. The van der Waals surface area contributed by atoms with E-state index in [1.807, 2.05) is 32.2 Å². The van der Waals surface area contributed by atoms with Crippen LogP contribution in [0.2, 0.25) is 0 Å². The van der Waals surface area contributed by atoms with Gasteiger partial charge in [-0.25, -0.2) is 0 Å². The minimum Gasteiger partial charge on any atom is -0.361 e. The molecule has 0 aliphatic heterocycles. The van der Waals surface area contributed by atoms with Crippen molar-refractivity contribution in [1.82, 2.24) is 10.3 Å². The van der Waals surface area contributed by atoms with Crippen LogP contribution in [0.15, 0.2) is 30.5 Å². The van der Waals surface area contributed by atoms with E-state index in [0.717, 1.165) is 11.9 Å². The fourth-order valence-electron chi connectivity index (χ4n) is 2.28. The van der Waals surface area contributed by atoms with Gasteiger partial charge in [0.05, 0.1) is 0 Å². The number of hydrogen-bond donors (Lipinski definition) is 2. The molecule has 0 saturated carbocycles. The Morgan fingerprint density at radius 2 is 2.00 bits per heavy atom. The molecule has 0 radical (unpaired) electrons. The number of nitrogens with one attached hydrogen (secondary N) is 2. The minimum absolute atomic E-state index is 0.0160. The number of amides is 1. The topological polar surface area (TPSA) is 44.9 Å². The molecule has 0 aliphatic rings. The highest BCUT2D eigenvalue weighted by Crippen LogP contribution is 2.22. The lowest BCUT2D eigenvalue weighted by Crippen LogP contribution is -2.46. The first kappa shape index (κ1) is 13.7. The summed E-state index contributed by atoms with van der Waals surface area (Å²) in [6.07, 6.45) is 2.85. The predicted molar refractivity (Wildman–Crippen MR) is 79.1 cm³/mol. The average molecular weight is 258 g/mol. The van der Waals surface area contributed by atoms with Gasteiger partial charge >= 0.3 is 0 Å². The van der Waals surface area contributed by atoms with E-state index in [1.54, 1.807) is 0 Å². The Bertz CT molecular complexity index is 581. The molecule has 0 fully saturated rings. The van der Waals surface area contributed by atoms with Gasteiger partial charge in [-0.05, 0) is 31.9 Å². The third-order valence-corrected chi connectivity index (χ3v) is 3.29. The van der Waals surface area contributed by atoms with E-state index >= 15 is 0 Å². The smallest absolute Gasteiger partial charge is 0.222 e. The van der Waals surface area contributed by atoms with Crippen LogP contribution in [-0.2, 0) is 11.2 Å². The molecule has 2 N–H and O–H groups in total. The van der Waals surface area contributed by atoms with Crippen LogP contribution < -0.4 is 5.32 Å². The Kier molecular flexibility index (Phi) is 3.65. The highest BCUT2D eigenvalue weighted by Gasteiger charge is 2.23. The third kappa shape index (κ3) is 3.16. The number of carbonyl (C=O) groups is 1. The van der Waals surface area contributed by atoms with E-state index < -0.39 is 0 Å². The Balaban J connectivity index is 2.18. The van der Waals surface area contributed by atoms with Crippen LogP contribution in [0.1, 0.15) is 33.3 Å². The molecule has 1 aromatic heterocycles. The summed E-state index contributed by atoms with van der Waals surface area (Å²) in [7, 11) is 0. The average Bonchev–Trinajstić information content (AvgIpc) is 2.71. The lowest BCUT2D eigenvalue weighted by molar-refractivity contribution is -0.125. The quantitative estimate of drug-likeness (QED) is 0.868. The van der Waals surface area contributed by atoms with E-state index in [4.69, 9.17) is 0 Å². The monoisotopic (exact) mass is 258 g/mol. The number of aromatic nitrogens is 1. The van der Waals surface area contributed by atoms with Crippen molar-refractivity contribution in [3.8, 4) is 0 Å². The highest BCUT2D eigenvalue weighted by molar-refractivity contribution is 5.83. The molecule has 1 amide bonds. The van der Waals surface area contributed by atoms with Gasteiger partial charge in [-0.2, -0.15) is 0 Å². The van der Waals surface area contributed by atoms with Crippen molar-refractivity contribution in [3.63, 3.8) is 0 Å². The molecule has 102 valence electrons. The molecule has 0 saturated heterocycles. The standard InChI is InChI=1S/C16H22N2O/c1-11(2)15(19)18-16(3,4)9-12-10-17-14-8-6-5-7-13(12)14/h5-8,10-11,17H,9H2,1-4H3,(H,18,19). The number of hydrogen-bond acceptors (Lipinski definition) is 1. The second-order valence-corrected chi connectivity index (χ2v) is 6.06. The van der Waals surface area contributed by atoms with Gasteiger partial charge in [0.1, 0.15) is 0 Å². The maximum Gasteiger partial charge on any atom is 0.222 e. The number of para-hydroxylation sites is 1. The van der Waals surface area contributed by atoms with Gasteiger partial charge in [-0.15, -0.1) is 0 Å². The number of rotatable bonds is 4. The lowest BCUT2D eigenvalue weighted by atomic mass is 9.94. The van der Waals surface area contributed by atoms with Crippen molar-refractivity contribution in [2.75, 3.05) is 0 Å². The molecule has 1 heterocycles. The van der Waals surface area contributed by atoms with Crippen molar-refractivity contribution in [2.45, 2.75) is 39.7 Å². The van der Waals surface area contributed by atoms with E-state index in [2.05, 4.69) is 36.3 Å². The van der Waals surface area contributed by atoms with Gasteiger partial charge in [-0.1, -0.05) is 32.0 Å². The van der Waals surface area contributed by atoms with E-state index in [0.29, 0.717) is 0 Å². The zero-order valence-electron chi connectivity index (χ0n) is 12.1. The summed E-state index contributed by atoms with van der Waals surface area (Å²) in [5, 5.41) is 4.34. The Morgan fingerprint density at radius 3 is 2.68 bits per heavy atom. The van der Waals surface area contributed by atoms with Gasteiger partial charge in [0.2, 0.25) is 5.91 Å². The number of fused-ring (bicyclic) bond motifs is 1. The van der Waals surface area contributed by atoms with E-state index in [9.17, 15) is 4.79 Å². The van der Waals surface area contributed by atoms with Gasteiger partial charge in [0, 0.05) is 28.6 Å². The van der Waals surface area contributed by atoms with Crippen LogP contribution in [0.5, 0.6) is 0 Å². The summed E-state index contributed by atoms with van der Waals surface area (Å²) in [6.45, 7) is 7.96. The summed E-state index contributed by atoms with van der Waals surface area (Å²) in [6, 6.07) is 8.24. The zero-order chi connectivity index (χ0) is 14.0. The Morgan fingerprint density at radius 1 is 1.32 bits per heavy atom. The van der Waals surface area contributed by atoms with Crippen LogP contribution in [0, 0.1) is 5.92 Å². The maximum atomic E-state index is 11.8. The normalized spacial score (nSPS) is 12.1. The zero-order valence-corrected chi connectivity index (χ0v) is 12.1. The molecule has 0 atom stereocenters. The first-order valence-electron chi connectivity index (χ1n) is 6.76. The first-order chi connectivity index (χ1) is 8.89. The van der Waals surface area contributed by atoms with Crippen molar-refractivity contribution >= 4 is 16.8 Å². The number of carbonyl (C=O) groups excluding carboxylic acids is 1. The number of aromatic amines is 1. The summed E-state index contributed by atoms with van der Waals surface area (Å²) in [5.41, 5.74) is 2.14. The molecule has 19 heavy (non-hydrogen) atoms. The van der Waals surface area contributed by atoms with Crippen molar-refractivity contribution in [3.05, 3.63) is 36.0 Å². The lowest BCUT2D eigenvalue weighted by Gasteiger charge is -2.27. The van der Waals surface area contributed by atoms with Crippen LogP contribution in [0.3, 0.4) is 0 Å². The van der Waals surface area contributed by atoms with Crippen LogP contribution in [0.25, 0.3) is 10.9 Å². The van der Waals surface area contributed by atoms with Gasteiger partial charge in [-0.3, -0.25) is 4.79 Å². The van der Waals surface area contributed by atoms with E-state index in [1.165, 1.54) is 10.9 Å². The van der Waals surface area contributed by atoms with E-state index in [-0.39, 0.29) is 17.4 Å². The largest absolute Gasteiger partial charge is 0.361 e. The van der Waals surface area contributed by atoms with Crippen molar-refractivity contribution in [1.29, 1.82) is 0 Å². The third-order valence-electron chi connectivity index (χ3n) is 3.29. The first-order valence-corrected chi connectivity index (χ1v) is 6.76. The molecule has 2 aromatic rings. The molecule has 3 nitrogen and oxygen atoms in total. The second kappa shape index (κ2) is 5.08. The highest BCUT2D eigenvalue weighted by atomic mass is 16.2. The molecule has 3 heteroatoms. The van der Waals surface area contributed by atoms with Gasteiger partial charge in [0.25, 0.3) is 0 Å². The Hall–Kier alpha value is -1.77. The van der Waals surface area contributed by atoms with Crippen LogP contribution >= 0.6 is 0 Å². The maximum absolute atomic E-state index is 11.8. The molecule has 0 spiro atoms. The Labute approximate surface area is 114 Å². The summed E-state index contributed by atoms with van der Waals surface area (Å²) >= 11 is 0. The number of H-pyrrole nitrogens is 1. The van der Waals surface area contributed by atoms with Crippen molar-refractivity contribution in [2.24, 2.45) is 5.92 Å². The molecular weight excluding hydrogens is 236 g/mol. The molecule has 2 rings (SSSR count). The van der Waals surface area contributed by atoms with Gasteiger partial charge < -0.3 is 10.3 Å².